The van der Waals surface area contributed by atoms with Crippen LogP contribution in [0.1, 0.15) is 31.7 Å². The van der Waals surface area contributed by atoms with Gasteiger partial charge >= 0.3 is 0 Å². The molecule has 0 radical (unpaired) electrons. The van der Waals surface area contributed by atoms with Crippen molar-refractivity contribution in [2.45, 2.75) is 32.6 Å². The number of benzene rings is 1. The van der Waals surface area contributed by atoms with Crippen LogP contribution in [0.2, 0.25) is 0 Å². The fraction of sp³-hybridized carbons (Fsp3) is 0.529. The smallest absolute Gasteiger partial charge is 0.240 e. The number of hydrogen-bond acceptors (Lipinski definition) is 3. The second kappa shape index (κ2) is 7.68. The molecule has 0 aromatic heterocycles. The quantitative estimate of drug-likeness (QED) is 0.808. The van der Waals surface area contributed by atoms with Crippen LogP contribution in [-0.2, 0) is 11.2 Å². The van der Waals surface area contributed by atoms with E-state index in [0.29, 0.717) is 13.0 Å². The summed E-state index contributed by atoms with van der Waals surface area (Å²) in [5, 5.41) is 9.20. The van der Waals surface area contributed by atoms with Crippen LogP contribution in [0.3, 0.4) is 0 Å². The fourth-order valence-corrected chi connectivity index (χ4v) is 2.62. The molecule has 21 heavy (non-hydrogen) atoms. The second-order valence-electron chi connectivity index (χ2n) is 5.31. The minimum atomic E-state index is -0.586. The number of carbonyl (C=O) groups is 1. The Morgan fingerprint density at radius 1 is 1.38 bits per heavy atom. The highest BCUT2D eigenvalue weighted by molar-refractivity contribution is 5.81. The van der Waals surface area contributed by atoms with Crippen LogP contribution < -0.4 is 4.74 Å². The van der Waals surface area contributed by atoms with Crippen molar-refractivity contribution < 1.29 is 9.53 Å². The van der Waals surface area contributed by atoms with Crippen molar-refractivity contribution in [3.8, 4) is 11.8 Å². The van der Waals surface area contributed by atoms with Gasteiger partial charge in [0, 0.05) is 19.5 Å². The van der Waals surface area contributed by atoms with Gasteiger partial charge in [-0.3, -0.25) is 4.79 Å². The van der Waals surface area contributed by atoms with Gasteiger partial charge in [-0.15, -0.1) is 0 Å². The van der Waals surface area contributed by atoms with Crippen molar-refractivity contribution in [3.63, 3.8) is 0 Å². The molecule has 0 saturated carbocycles. The predicted molar refractivity (Wildman–Crippen MR) is 80.8 cm³/mol. The van der Waals surface area contributed by atoms with Gasteiger partial charge < -0.3 is 9.64 Å². The minimum absolute atomic E-state index is 0.0395. The molecule has 0 N–H and O–H groups in total. The van der Waals surface area contributed by atoms with E-state index in [-0.39, 0.29) is 5.91 Å². The van der Waals surface area contributed by atoms with E-state index >= 15 is 0 Å². The molecular weight excluding hydrogens is 264 g/mol. The van der Waals surface area contributed by atoms with Crippen LogP contribution in [0, 0.1) is 17.2 Å². The van der Waals surface area contributed by atoms with E-state index in [2.05, 4.69) is 13.0 Å². The topological polar surface area (TPSA) is 53.3 Å². The van der Waals surface area contributed by atoms with E-state index in [9.17, 15) is 10.1 Å². The Bertz CT molecular complexity index is 516. The standard InChI is InChI=1S/C17H22N2O2/c1-2-14-7-3-4-8-16(14)21-12-9-15(13-18)17(20)19-10-5-6-11-19/h3-4,7-8,15H,2,5-6,9-12H2,1H3. The molecule has 1 heterocycles. The van der Waals surface area contributed by atoms with E-state index < -0.39 is 5.92 Å². The summed E-state index contributed by atoms with van der Waals surface area (Å²) in [7, 11) is 0. The van der Waals surface area contributed by atoms with Crippen molar-refractivity contribution >= 4 is 5.91 Å². The van der Waals surface area contributed by atoms with E-state index in [1.807, 2.05) is 24.3 Å². The molecule has 4 nitrogen and oxygen atoms in total. The Morgan fingerprint density at radius 3 is 2.76 bits per heavy atom. The Hall–Kier alpha value is -2.02. The van der Waals surface area contributed by atoms with Crippen molar-refractivity contribution in [3.05, 3.63) is 29.8 Å². The molecule has 1 aliphatic rings. The molecule has 1 atom stereocenters. The number of ether oxygens (including phenoxy) is 1. The first-order valence-corrected chi connectivity index (χ1v) is 7.65. The Balaban J connectivity index is 1.86. The lowest BCUT2D eigenvalue weighted by atomic mass is 10.1. The van der Waals surface area contributed by atoms with E-state index in [1.54, 1.807) is 4.90 Å². The molecule has 1 unspecified atom stereocenters. The maximum Gasteiger partial charge on any atom is 0.240 e. The maximum atomic E-state index is 12.2. The zero-order valence-corrected chi connectivity index (χ0v) is 12.5. The Kier molecular flexibility index (Phi) is 5.62. The molecule has 2 rings (SSSR count). The highest BCUT2D eigenvalue weighted by Gasteiger charge is 2.26. The summed E-state index contributed by atoms with van der Waals surface area (Å²) in [5.74, 6) is 0.226. The van der Waals surface area contributed by atoms with Crippen LogP contribution in [0.4, 0.5) is 0 Å². The minimum Gasteiger partial charge on any atom is -0.493 e. The lowest BCUT2D eigenvalue weighted by molar-refractivity contribution is -0.133. The second-order valence-corrected chi connectivity index (χ2v) is 5.31. The van der Waals surface area contributed by atoms with Gasteiger partial charge in [-0.05, 0) is 30.9 Å². The monoisotopic (exact) mass is 286 g/mol. The molecule has 1 aromatic rings. The molecule has 0 bridgehead atoms. The molecule has 1 saturated heterocycles. The first-order chi connectivity index (χ1) is 10.3. The summed E-state index contributed by atoms with van der Waals surface area (Å²) < 4.78 is 5.75. The normalized spacial score (nSPS) is 15.5. The predicted octanol–water partition coefficient (Wildman–Crippen LogP) is 2.78. The number of amides is 1. The molecule has 4 heteroatoms. The number of nitriles is 1. The van der Waals surface area contributed by atoms with Crippen molar-refractivity contribution in [2.75, 3.05) is 19.7 Å². The van der Waals surface area contributed by atoms with Crippen LogP contribution in [0.25, 0.3) is 0 Å². The largest absolute Gasteiger partial charge is 0.493 e. The number of rotatable bonds is 6. The molecule has 1 aromatic carbocycles. The van der Waals surface area contributed by atoms with Crippen LogP contribution in [0.15, 0.2) is 24.3 Å². The summed E-state index contributed by atoms with van der Waals surface area (Å²) in [5.41, 5.74) is 1.15. The zero-order chi connectivity index (χ0) is 15.1. The molecule has 1 fully saturated rings. The summed E-state index contributed by atoms with van der Waals surface area (Å²) >= 11 is 0. The average Bonchev–Trinajstić information content (AvgIpc) is 3.05. The Morgan fingerprint density at radius 2 is 2.10 bits per heavy atom. The lowest BCUT2D eigenvalue weighted by Gasteiger charge is -2.19. The van der Waals surface area contributed by atoms with Crippen LogP contribution in [0.5, 0.6) is 5.75 Å². The van der Waals surface area contributed by atoms with Crippen LogP contribution >= 0.6 is 0 Å². The van der Waals surface area contributed by atoms with Gasteiger partial charge in [0.05, 0.1) is 12.7 Å². The molecule has 1 amide bonds. The third-order valence-electron chi connectivity index (χ3n) is 3.89. The molecular formula is C17H22N2O2. The van der Waals surface area contributed by atoms with Crippen molar-refractivity contribution in [1.82, 2.24) is 4.90 Å². The summed E-state index contributed by atoms with van der Waals surface area (Å²) in [4.78, 5) is 14.0. The van der Waals surface area contributed by atoms with Gasteiger partial charge in [0.1, 0.15) is 11.7 Å². The highest BCUT2D eigenvalue weighted by Crippen LogP contribution is 2.20. The summed E-state index contributed by atoms with van der Waals surface area (Å²) in [6, 6.07) is 10.0. The summed E-state index contributed by atoms with van der Waals surface area (Å²) in [6.07, 6.45) is 3.45. The van der Waals surface area contributed by atoms with Crippen molar-refractivity contribution in [1.29, 1.82) is 5.26 Å². The number of nitrogens with zero attached hydrogens (tertiary/aromatic N) is 2. The maximum absolute atomic E-state index is 12.2. The van der Waals surface area contributed by atoms with Gasteiger partial charge in [0.25, 0.3) is 0 Å². The lowest BCUT2D eigenvalue weighted by Crippen LogP contribution is -2.33. The van der Waals surface area contributed by atoms with Crippen molar-refractivity contribution in [2.24, 2.45) is 5.92 Å². The number of carbonyl (C=O) groups excluding carboxylic acids is 1. The van der Waals surface area contributed by atoms with Gasteiger partial charge in [0.2, 0.25) is 5.91 Å². The van der Waals surface area contributed by atoms with Gasteiger partial charge in [-0.25, -0.2) is 0 Å². The molecule has 0 aliphatic carbocycles. The van der Waals surface area contributed by atoms with E-state index in [1.165, 1.54) is 0 Å². The first kappa shape index (κ1) is 15.4. The SMILES string of the molecule is CCc1ccccc1OCCC(C#N)C(=O)N1CCCC1. The Labute approximate surface area is 126 Å². The van der Waals surface area contributed by atoms with E-state index in [0.717, 1.165) is 43.7 Å². The zero-order valence-electron chi connectivity index (χ0n) is 12.5. The summed E-state index contributed by atoms with van der Waals surface area (Å²) in [6.45, 7) is 4.05. The van der Waals surface area contributed by atoms with Gasteiger partial charge in [0.15, 0.2) is 0 Å². The number of likely N-dealkylation sites (tertiary alicyclic amines) is 1. The first-order valence-electron chi connectivity index (χ1n) is 7.65. The highest BCUT2D eigenvalue weighted by atomic mass is 16.5. The molecule has 1 aliphatic heterocycles. The number of aryl methyl sites for hydroxylation is 1. The third-order valence-corrected chi connectivity index (χ3v) is 3.89. The average molecular weight is 286 g/mol. The van der Waals surface area contributed by atoms with Gasteiger partial charge in [-0.1, -0.05) is 25.1 Å². The van der Waals surface area contributed by atoms with Gasteiger partial charge in [-0.2, -0.15) is 5.26 Å². The number of hydrogen-bond donors (Lipinski definition) is 0. The third kappa shape index (κ3) is 3.98. The number of para-hydroxylation sites is 1. The molecule has 0 spiro atoms. The fourth-order valence-electron chi connectivity index (χ4n) is 2.62. The van der Waals surface area contributed by atoms with Crippen LogP contribution in [-0.4, -0.2) is 30.5 Å². The molecule has 112 valence electrons. The van der Waals surface area contributed by atoms with E-state index in [4.69, 9.17) is 4.74 Å².